The summed E-state index contributed by atoms with van der Waals surface area (Å²) in [6, 6.07) is 7.30. The van der Waals surface area contributed by atoms with Crippen LogP contribution in [0.5, 0.6) is 5.75 Å². The average Bonchev–Trinajstić information content (AvgIpc) is 2.46. The molecular formula is C16H22N2O2S. The minimum absolute atomic E-state index is 0.0772. The number of anilines is 1. The molecule has 4 nitrogen and oxygen atoms in total. The summed E-state index contributed by atoms with van der Waals surface area (Å²) in [5, 5.41) is 2.93. The third-order valence-electron chi connectivity index (χ3n) is 3.70. The highest BCUT2D eigenvalue weighted by molar-refractivity contribution is 7.80. The van der Waals surface area contributed by atoms with Gasteiger partial charge in [0.2, 0.25) is 5.91 Å². The molecule has 0 heterocycles. The maximum atomic E-state index is 12.1. The highest BCUT2D eigenvalue weighted by Gasteiger charge is 2.17. The predicted octanol–water partition coefficient (Wildman–Crippen LogP) is 3.26. The normalized spacial score (nSPS) is 15.4. The van der Waals surface area contributed by atoms with Crippen molar-refractivity contribution in [2.45, 2.75) is 38.5 Å². The molecule has 1 aromatic rings. The van der Waals surface area contributed by atoms with Crippen molar-refractivity contribution in [1.82, 2.24) is 0 Å². The van der Waals surface area contributed by atoms with Crippen LogP contribution in [0.2, 0.25) is 0 Å². The molecular weight excluding hydrogens is 284 g/mol. The fourth-order valence-corrected chi connectivity index (χ4v) is 2.74. The van der Waals surface area contributed by atoms with E-state index >= 15 is 0 Å². The maximum Gasteiger partial charge on any atom is 0.224 e. The number of carbonyl (C=O) groups excluding carboxylic acids is 1. The summed E-state index contributed by atoms with van der Waals surface area (Å²) >= 11 is 4.77. The molecule has 1 fully saturated rings. The van der Waals surface area contributed by atoms with Crippen molar-refractivity contribution in [3.63, 3.8) is 0 Å². The Morgan fingerprint density at radius 3 is 2.81 bits per heavy atom. The van der Waals surface area contributed by atoms with E-state index in [-0.39, 0.29) is 12.5 Å². The second kappa shape index (κ2) is 7.98. The molecule has 0 unspecified atom stereocenters. The van der Waals surface area contributed by atoms with Crippen LogP contribution in [0, 0.1) is 5.92 Å². The molecule has 1 aliphatic carbocycles. The first-order valence-electron chi connectivity index (χ1n) is 7.44. The first kappa shape index (κ1) is 15.8. The van der Waals surface area contributed by atoms with Gasteiger partial charge in [-0.05, 0) is 30.9 Å². The summed E-state index contributed by atoms with van der Waals surface area (Å²) in [5.74, 6) is 1.26. The van der Waals surface area contributed by atoms with Gasteiger partial charge in [-0.15, -0.1) is 0 Å². The lowest BCUT2D eigenvalue weighted by Crippen LogP contribution is -2.19. The molecule has 114 valence electrons. The molecule has 1 aromatic carbocycles. The average molecular weight is 306 g/mol. The predicted molar refractivity (Wildman–Crippen MR) is 88.5 cm³/mol. The monoisotopic (exact) mass is 306 g/mol. The number of hydrogen-bond donors (Lipinski definition) is 2. The Bertz CT molecular complexity index is 499. The van der Waals surface area contributed by atoms with Crippen LogP contribution in [0.1, 0.15) is 38.5 Å². The molecule has 0 spiro atoms. The third kappa shape index (κ3) is 5.71. The number of thiocarbonyl (C=S) groups is 1. The number of carbonyl (C=O) groups is 1. The number of ether oxygens (including phenoxy) is 1. The lowest BCUT2D eigenvalue weighted by atomic mass is 9.87. The van der Waals surface area contributed by atoms with Gasteiger partial charge in [0, 0.05) is 18.2 Å². The Kier molecular flexibility index (Phi) is 5.99. The van der Waals surface area contributed by atoms with Crippen molar-refractivity contribution in [2.75, 3.05) is 11.9 Å². The molecule has 1 aliphatic rings. The summed E-state index contributed by atoms with van der Waals surface area (Å²) < 4.78 is 5.42. The zero-order valence-electron chi connectivity index (χ0n) is 12.1. The van der Waals surface area contributed by atoms with Crippen molar-refractivity contribution in [3.8, 4) is 5.75 Å². The molecule has 0 saturated heterocycles. The minimum atomic E-state index is 0.0772. The highest BCUT2D eigenvalue weighted by atomic mass is 32.1. The third-order valence-corrected chi connectivity index (χ3v) is 3.82. The van der Waals surface area contributed by atoms with Gasteiger partial charge in [0.05, 0.1) is 0 Å². The van der Waals surface area contributed by atoms with Crippen LogP contribution in [-0.2, 0) is 4.79 Å². The largest absolute Gasteiger partial charge is 0.486 e. The van der Waals surface area contributed by atoms with E-state index in [1.54, 1.807) is 6.07 Å². The van der Waals surface area contributed by atoms with Gasteiger partial charge >= 0.3 is 0 Å². The Hall–Kier alpha value is -1.62. The van der Waals surface area contributed by atoms with E-state index in [2.05, 4.69) is 5.32 Å². The smallest absolute Gasteiger partial charge is 0.224 e. The fourth-order valence-electron chi connectivity index (χ4n) is 2.68. The molecule has 2 rings (SSSR count). The number of hydrogen-bond acceptors (Lipinski definition) is 3. The standard InChI is InChI=1S/C16H22N2O2S/c17-15(21)11-20-14-8-4-7-13(10-14)18-16(19)9-12-5-2-1-3-6-12/h4,7-8,10,12H,1-3,5-6,9,11H2,(H2,17,21)(H,18,19). The van der Waals surface area contributed by atoms with E-state index in [1.807, 2.05) is 18.2 Å². The topological polar surface area (TPSA) is 64.3 Å². The quantitative estimate of drug-likeness (QED) is 0.792. The van der Waals surface area contributed by atoms with Gasteiger partial charge in [-0.2, -0.15) is 0 Å². The summed E-state index contributed by atoms with van der Waals surface area (Å²) in [7, 11) is 0. The van der Waals surface area contributed by atoms with E-state index < -0.39 is 0 Å². The SMILES string of the molecule is NC(=S)COc1cccc(NC(=O)CC2CCCCC2)c1. The second-order valence-electron chi connectivity index (χ2n) is 5.54. The Balaban J connectivity index is 1.85. The summed E-state index contributed by atoms with van der Waals surface area (Å²) in [5.41, 5.74) is 6.15. The number of nitrogens with one attached hydrogen (secondary N) is 1. The first-order chi connectivity index (χ1) is 10.1. The van der Waals surface area contributed by atoms with Crippen LogP contribution in [0.3, 0.4) is 0 Å². The molecule has 3 N–H and O–H groups in total. The maximum absolute atomic E-state index is 12.1. The van der Waals surface area contributed by atoms with Gasteiger partial charge < -0.3 is 15.8 Å². The Morgan fingerprint density at radius 2 is 2.10 bits per heavy atom. The molecule has 1 saturated carbocycles. The lowest BCUT2D eigenvalue weighted by Gasteiger charge is -2.20. The van der Waals surface area contributed by atoms with Gasteiger partial charge in [-0.1, -0.05) is 37.5 Å². The highest BCUT2D eigenvalue weighted by Crippen LogP contribution is 2.27. The molecule has 5 heteroatoms. The summed E-state index contributed by atoms with van der Waals surface area (Å²) in [6.45, 7) is 0.203. The van der Waals surface area contributed by atoms with Crippen molar-refractivity contribution < 1.29 is 9.53 Å². The number of rotatable bonds is 6. The van der Waals surface area contributed by atoms with Crippen molar-refractivity contribution in [3.05, 3.63) is 24.3 Å². The zero-order chi connectivity index (χ0) is 15.1. The minimum Gasteiger partial charge on any atom is -0.486 e. The number of benzene rings is 1. The number of amides is 1. The van der Waals surface area contributed by atoms with Crippen LogP contribution in [0.15, 0.2) is 24.3 Å². The van der Waals surface area contributed by atoms with Crippen LogP contribution in [0.25, 0.3) is 0 Å². The van der Waals surface area contributed by atoms with Gasteiger partial charge in [0.25, 0.3) is 0 Å². The summed E-state index contributed by atoms with van der Waals surface area (Å²) in [4.78, 5) is 12.4. The van der Waals surface area contributed by atoms with Crippen LogP contribution < -0.4 is 15.8 Å². The van der Waals surface area contributed by atoms with Crippen LogP contribution in [0.4, 0.5) is 5.69 Å². The Morgan fingerprint density at radius 1 is 1.33 bits per heavy atom. The van der Waals surface area contributed by atoms with E-state index in [1.165, 1.54) is 32.1 Å². The van der Waals surface area contributed by atoms with E-state index in [9.17, 15) is 4.79 Å². The van der Waals surface area contributed by atoms with Crippen molar-refractivity contribution in [2.24, 2.45) is 11.7 Å². The summed E-state index contributed by atoms with van der Waals surface area (Å²) in [6.07, 6.45) is 6.76. The zero-order valence-corrected chi connectivity index (χ0v) is 13.0. The second-order valence-corrected chi connectivity index (χ2v) is 6.06. The van der Waals surface area contributed by atoms with Gasteiger partial charge in [0.15, 0.2) is 0 Å². The van der Waals surface area contributed by atoms with Crippen LogP contribution >= 0.6 is 12.2 Å². The van der Waals surface area contributed by atoms with Crippen LogP contribution in [-0.4, -0.2) is 17.5 Å². The van der Waals surface area contributed by atoms with Crippen molar-refractivity contribution >= 4 is 28.8 Å². The molecule has 0 radical (unpaired) electrons. The van der Waals surface area contributed by atoms with Gasteiger partial charge in [-0.3, -0.25) is 4.79 Å². The lowest BCUT2D eigenvalue weighted by molar-refractivity contribution is -0.117. The van der Waals surface area contributed by atoms with E-state index in [0.29, 0.717) is 23.1 Å². The van der Waals surface area contributed by atoms with Gasteiger partial charge in [-0.25, -0.2) is 0 Å². The fraction of sp³-hybridized carbons (Fsp3) is 0.500. The molecule has 0 bridgehead atoms. The Labute approximate surface area is 131 Å². The molecule has 21 heavy (non-hydrogen) atoms. The molecule has 1 amide bonds. The first-order valence-corrected chi connectivity index (χ1v) is 7.85. The van der Waals surface area contributed by atoms with E-state index in [4.69, 9.17) is 22.7 Å². The van der Waals surface area contributed by atoms with Crippen molar-refractivity contribution in [1.29, 1.82) is 0 Å². The van der Waals surface area contributed by atoms with Gasteiger partial charge in [0.1, 0.15) is 17.3 Å². The van der Waals surface area contributed by atoms with E-state index in [0.717, 1.165) is 5.69 Å². The molecule has 0 atom stereocenters. The molecule has 0 aliphatic heterocycles. The molecule has 0 aromatic heterocycles. The number of nitrogens with two attached hydrogens (primary N) is 1.